The second-order valence-electron chi connectivity index (χ2n) is 8.16. The SMILES string of the molecule is CC(C(=O)N1CCC(NC(=O)c2ccsc2)CC1)N1C(=O)NC2(CCCC2)C1=O. The Kier molecular flexibility index (Phi) is 5.33. The molecule has 4 rings (SSSR count). The number of imide groups is 1. The molecule has 3 aliphatic rings. The summed E-state index contributed by atoms with van der Waals surface area (Å²) in [5.41, 5.74) is -0.147. The average Bonchev–Trinajstić information content (AvgIpc) is 3.44. The van der Waals surface area contributed by atoms with E-state index in [9.17, 15) is 19.2 Å². The quantitative estimate of drug-likeness (QED) is 0.728. The lowest BCUT2D eigenvalue weighted by atomic mass is 9.97. The smallest absolute Gasteiger partial charge is 0.325 e. The van der Waals surface area contributed by atoms with Crippen molar-refractivity contribution in [2.45, 2.75) is 63.1 Å². The van der Waals surface area contributed by atoms with Gasteiger partial charge in [0.05, 0.1) is 0 Å². The predicted octanol–water partition coefficient (Wildman–Crippen LogP) is 1.72. The van der Waals surface area contributed by atoms with Crippen LogP contribution < -0.4 is 10.6 Å². The van der Waals surface area contributed by atoms with E-state index in [0.29, 0.717) is 44.3 Å². The number of piperidine rings is 1. The molecule has 156 valence electrons. The molecule has 8 nitrogen and oxygen atoms in total. The summed E-state index contributed by atoms with van der Waals surface area (Å²) in [6, 6.07) is 0.519. The van der Waals surface area contributed by atoms with E-state index >= 15 is 0 Å². The Labute approximate surface area is 173 Å². The zero-order chi connectivity index (χ0) is 20.6. The molecule has 0 aromatic carbocycles. The van der Waals surface area contributed by atoms with Gasteiger partial charge in [-0.15, -0.1) is 0 Å². The van der Waals surface area contributed by atoms with Crippen LogP contribution in [0.5, 0.6) is 0 Å². The highest BCUT2D eigenvalue weighted by molar-refractivity contribution is 7.08. The van der Waals surface area contributed by atoms with E-state index in [1.807, 2.05) is 10.8 Å². The van der Waals surface area contributed by atoms with Gasteiger partial charge in [0.25, 0.3) is 11.8 Å². The number of rotatable bonds is 4. The third kappa shape index (κ3) is 3.63. The van der Waals surface area contributed by atoms with Gasteiger partial charge in [-0.25, -0.2) is 9.69 Å². The summed E-state index contributed by atoms with van der Waals surface area (Å²) in [7, 11) is 0. The largest absolute Gasteiger partial charge is 0.349 e. The minimum atomic E-state index is -0.820. The number of likely N-dealkylation sites (tertiary alicyclic amines) is 1. The van der Waals surface area contributed by atoms with E-state index in [0.717, 1.165) is 17.7 Å². The van der Waals surface area contributed by atoms with Crippen LogP contribution in [0.4, 0.5) is 4.79 Å². The molecule has 5 amide bonds. The van der Waals surface area contributed by atoms with Crippen molar-refractivity contribution in [2.24, 2.45) is 0 Å². The second kappa shape index (κ2) is 7.78. The molecule has 0 bridgehead atoms. The molecule has 3 fully saturated rings. The fourth-order valence-electron chi connectivity index (χ4n) is 4.59. The first-order chi connectivity index (χ1) is 13.9. The van der Waals surface area contributed by atoms with Crippen molar-refractivity contribution < 1.29 is 19.2 Å². The molecule has 1 aromatic heterocycles. The number of urea groups is 1. The fraction of sp³-hybridized carbons (Fsp3) is 0.600. The molecule has 9 heteroatoms. The number of hydrogen-bond donors (Lipinski definition) is 2. The summed E-state index contributed by atoms with van der Waals surface area (Å²) < 4.78 is 0. The Hall–Kier alpha value is -2.42. The number of hydrogen-bond acceptors (Lipinski definition) is 5. The molecular weight excluding hydrogens is 392 g/mol. The van der Waals surface area contributed by atoms with Crippen molar-refractivity contribution in [1.82, 2.24) is 20.4 Å². The Morgan fingerprint density at radius 1 is 1.24 bits per heavy atom. The Morgan fingerprint density at radius 2 is 1.93 bits per heavy atom. The van der Waals surface area contributed by atoms with Crippen molar-refractivity contribution in [1.29, 1.82) is 0 Å². The maximum absolute atomic E-state index is 13.0. The molecule has 1 aliphatic carbocycles. The second-order valence-corrected chi connectivity index (χ2v) is 8.94. The van der Waals surface area contributed by atoms with Crippen molar-refractivity contribution in [3.63, 3.8) is 0 Å². The Balaban J connectivity index is 1.33. The minimum Gasteiger partial charge on any atom is -0.349 e. The molecule has 3 heterocycles. The van der Waals surface area contributed by atoms with Crippen LogP contribution in [0.1, 0.15) is 55.8 Å². The molecular formula is C20H26N4O4S. The van der Waals surface area contributed by atoms with Crippen LogP contribution in [0.3, 0.4) is 0 Å². The van der Waals surface area contributed by atoms with Crippen LogP contribution in [-0.4, -0.2) is 64.3 Å². The van der Waals surface area contributed by atoms with Crippen molar-refractivity contribution in [2.75, 3.05) is 13.1 Å². The highest BCUT2D eigenvalue weighted by Gasteiger charge is 2.54. The zero-order valence-corrected chi connectivity index (χ0v) is 17.3. The molecule has 29 heavy (non-hydrogen) atoms. The number of amides is 5. The summed E-state index contributed by atoms with van der Waals surface area (Å²) in [6.07, 6.45) is 4.41. The minimum absolute atomic E-state index is 0.0141. The lowest BCUT2D eigenvalue weighted by Gasteiger charge is -2.35. The van der Waals surface area contributed by atoms with Gasteiger partial charge in [-0.05, 0) is 44.1 Å². The topological polar surface area (TPSA) is 98.8 Å². The molecule has 0 radical (unpaired) electrons. The van der Waals surface area contributed by atoms with Crippen molar-refractivity contribution in [3.8, 4) is 0 Å². The first-order valence-corrected chi connectivity index (χ1v) is 11.1. The highest BCUT2D eigenvalue weighted by Crippen LogP contribution is 2.36. The standard InChI is InChI=1S/C20H26N4O4S/c1-13(24-18(27)20(22-19(24)28)7-2-3-8-20)17(26)23-9-4-15(5-10-23)21-16(25)14-6-11-29-12-14/h6,11-13,15H,2-5,7-10H2,1H3,(H,21,25)(H,22,28). The van der Waals surface area contributed by atoms with Crippen LogP contribution in [0.15, 0.2) is 16.8 Å². The van der Waals surface area contributed by atoms with E-state index in [-0.39, 0.29) is 23.8 Å². The van der Waals surface area contributed by atoms with E-state index in [2.05, 4.69) is 10.6 Å². The van der Waals surface area contributed by atoms with E-state index in [4.69, 9.17) is 0 Å². The summed E-state index contributed by atoms with van der Waals surface area (Å²) in [6.45, 7) is 2.61. The first kappa shape index (κ1) is 19.9. The van der Waals surface area contributed by atoms with Crippen LogP contribution in [0, 0.1) is 0 Å². The molecule has 1 aromatic rings. The van der Waals surface area contributed by atoms with Crippen LogP contribution in [-0.2, 0) is 9.59 Å². The molecule has 1 spiro atoms. The van der Waals surface area contributed by atoms with Gasteiger partial charge in [-0.2, -0.15) is 11.3 Å². The molecule has 2 N–H and O–H groups in total. The maximum Gasteiger partial charge on any atom is 0.325 e. The van der Waals surface area contributed by atoms with Gasteiger partial charge >= 0.3 is 6.03 Å². The van der Waals surface area contributed by atoms with Crippen LogP contribution in [0.2, 0.25) is 0 Å². The molecule has 1 unspecified atom stereocenters. The molecule has 2 aliphatic heterocycles. The lowest BCUT2D eigenvalue weighted by Crippen LogP contribution is -2.54. The summed E-state index contributed by atoms with van der Waals surface area (Å²) in [4.78, 5) is 53.3. The number of nitrogens with one attached hydrogen (secondary N) is 2. The monoisotopic (exact) mass is 418 g/mol. The van der Waals surface area contributed by atoms with Gasteiger partial charge in [0.15, 0.2) is 0 Å². The van der Waals surface area contributed by atoms with Crippen molar-refractivity contribution >= 4 is 35.1 Å². The van der Waals surface area contributed by atoms with E-state index in [1.54, 1.807) is 17.9 Å². The lowest BCUT2D eigenvalue weighted by molar-refractivity contribution is -0.143. The van der Waals surface area contributed by atoms with Gasteiger partial charge in [0, 0.05) is 30.1 Å². The summed E-state index contributed by atoms with van der Waals surface area (Å²) >= 11 is 1.48. The van der Waals surface area contributed by atoms with Gasteiger partial charge in [-0.1, -0.05) is 12.8 Å². The zero-order valence-electron chi connectivity index (χ0n) is 16.5. The highest BCUT2D eigenvalue weighted by atomic mass is 32.1. The predicted molar refractivity (Wildman–Crippen MR) is 107 cm³/mol. The van der Waals surface area contributed by atoms with E-state index < -0.39 is 17.6 Å². The third-order valence-corrected chi connectivity index (χ3v) is 7.00. The number of nitrogens with zero attached hydrogens (tertiary/aromatic N) is 2. The summed E-state index contributed by atoms with van der Waals surface area (Å²) in [5.74, 6) is -0.574. The van der Waals surface area contributed by atoms with Gasteiger partial charge in [-0.3, -0.25) is 14.4 Å². The fourth-order valence-corrected chi connectivity index (χ4v) is 5.23. The number of thiophene rings is 1. The normalized spacial score (nSPS) is 22.8. The van der Waals surface area contributed by atoms with Gasteiger partial charge < -0.3 is 15.5 Å². The maximum atomic E-state index is 13.0. The average molecular weight is 419 g/mol. The third-order valence-electron chi connectivity index (χ3n) is 6.32. The Bertz CT molecular complexity index is 810. The van der Waals surface area contributed by atoms with Crippen LogP contribution >= 0.6 is 11.3 Å². The van der Waals surface area contributed by atoms with Gasteiger partial charge in [0.2, 0.25) is 5.91 Å². The van der Waals surface area contributed by atoms with E-state index in [1.165, 1.54) is 11.3 Å². The molecule has 1 atom stereocenters. The van der Waals surface area contributed by atoms with Crippen LogP contribution in [0.25, 0.3) is 0 Å². The first-order valence-electron chi connectivity index (χ1n) is 10.2. The number of carbonyl (C=O) groups excluding carboxylic acids is 4. The molecule has 1 saturated carbocycles. The molecule has 2 saturated heterocycles. The number of carbonyl (C=O) groups is 4. The Morgan fingerprint density at radius 3 is 2.55 bits per heavy atom. The summed E-state index contributed by atoms with van der Waals surface area (Å²) in [5, 5.41) is 9.52. The van der Waals surface area contributed by atoms with Gasteiger partial charge in [0.1, 0.15) is 11.6 Å². The van der Waals surface area contributed by atoms with Crippen molar-refractivity contribution in [3.05, 3.63) is 22.4 Å².